The molecule has 0 aromatic heterocycles. The minimum Gasteiger partial charge on any atom is -0.481 e. The highest BCUT2D eigenvalue weighted by molar-refractivity contribution is 7.05. The summed E-state index contributed by atoms with van der Waals surface area (Å²) in [4.78, 5) is 202. The maximum atomic E-state index is 12.6. The average Bonchev–Trinajstić information content (AvgIpc) is 0.676. The summed E-state index contributed by atoms with van der Waals surface area (Å²) < 4.78 is 152. The van der Waals surface area contributed by atoms with Crippen molar-refractivity contribution in [3.8, 4) is 0 Å². The summed E-state index contributed by atoms with van der Waals surface area (Å²) in [6, 6.07) is -3.25. The minimum atomic E-state index is -6.67. The van der Waals surface area contributed by atoms with E-state index in [2.05, 4.69) is 0 Å². The van der Waals surface area contributed by atoms with E-state index in [0.717, 1.165) is 0 Å². The number of aliphatic carboxylic acids is 16. The molecule has 0 amide bonds. The van der Waals surface area contributed by atoms with Crippen molar-refractivity contribution >= 4 is 234 Å². The summed E-state index contributed by atoms with van der Waals surface area (Å²) in [6.45, 7) is 22.5. The van der Waals surface area contributed by atoms with Crippen molar-refractivity contribution in [1.82, 2.24) is 0 Å². The molecule has 0 atom stereocenters. The second-order valence-electron chi connectivity index (χ2n) is 37.1. The third-order valence-electron chi connectivity index (χ3n) is 21.2. The van der Waals surface area contributed by atoms with E-state index in [1.165, 1.54) is 105 Å². The van der Waals surface area contributed by atoms with Gasteiger partial charge in [-0.15, -0.1) is 0 Å². The normalized spacial score (nSPS) is 24.3. The van der Waals surface area contributed by atoms with Gasteiger partial charge in [0.25, 0.3) is 0 Å². The first-order valence-corrected chi connectivity index (χ1v) is 79.7. The zero-order chi connectivity index (χ0) is 101. The summed E-state index contributed by atoms with van der Waals surface area (Å²) in [5, 5.41) is 164. The van der Waals surface area contributed by atoms with Gasteiger partial charge < -0.3 is 164 Å². The zero-order valence-corrected chi connectivity index (χ0v) is 91.4. The molecule has 16 N–H and O–H groups in total. The van der Waals surface area contributed by atoms with Gasteiger partial charge in [0, 0.05) is 0 Å². The van der Waals surface area contributed by atoms with Crippen LogP contribution >= 0.6 is 0 Å². The number of carboxylic acid groups (broad SMARTS) is 16. The molecule has 6 heterocycles. The van der Waals surface area contributed by atoms with E-state index >= 15 is 0 Å². The lowest BCUT2D eigenvalue weighted by molar-refractivity contribution is -0.156. The Kier molecular flexibility index (Phi) is 40.1. The van der Waals surface area contributed by atoms with Crippen molar-refractivity contribution in [1.29, 1.82) is 0 Å². The third-order valence-corrected chi connectivity index (χ3v) is 83.3. The molecule has 8 bridgehead atoms. The summed E-state index contributed by atoms with van der Waals surface area (Å²) in [5.41, 5.74) is 0. The molecule has 132 heavy (non-hydrogen) atoms. The van der Waals surface area contributed by atoms with E-state index in [1.54, 1.807) is 0 Å². The molecule has 6 fully saturated rings. The van der Waals surface area contributed by atoms with Crippen molar-refractivity contribution in [2.24, 2.45) is 47.3 Å². The lowest BCUT2D eigenvalue weighted by Gasteiger charge is -2.61. The van der Waals surface area contributed by atoms with Crippen LogP contribution in [0.15, 0.2) is 0 Å². The standard InChI is InChI=1S/C64H120O52Si16/c1-117(2,33-17-25-41(49(65)66)50(67)68)97-125-105-126(98-118(3,4)34-18-26-42(51(69)70)52(71)72)108-129(101-121(9,10)37-21-29-45(57(81)82)58(83)84)110-127(106-125,99-119(5,6)35-19-27-43(53(73)74)54(75)76)112-131(103-123(13,14)39-23-31-47(61(89)90)62(91)92)113-128(107-125,100-120(7,8)36-20-28-44(55(77)78)56(79)80)111-130(109-126,102-122(11,12)38-22-30-46(59(85)86)60(87)88)115-132(114-129,116-131)104-124(15,16)40-24-32-48(63(93)94)64(95)96/h41-48H,17-40H2,1-16H3,(H,65,66)(H,67,68)(H,69,70)(H,71,72)(H,73,74)(H,75,76)(H,77,78)(H,79,80)(H,81,82)(H,83,84)(H,85,86)(H,87,88)(H,89,90)(H,91,92)(H,93,94)(H,95,96). The Morgan fingerprint density at radius 3 is 0.295 bits per heavy atom. The van der Waals surface area contributed by atoms with Crippen LogP contribution in [0.5, 0.6) is 0 Å². The summed E-state index contributed by atoms with van der Waals surface area (Å²) in [6.07, 6.45) is -8.44. The van der Waals surface area contributed by atoms with Crippen molar-refractivity contribution in [3.05, 3.63) is 0 Å². The van der Waals surface area contributed by atoms with Gasteiger partial charge in [-0.2, -0.15) is 0 Å². The van der Waals surface area contributed by atoms with E-state index in [9.17, 15) is 158 Å². The molecule has 6 aliphatic heterocycles. The van der Waals surface area contributed by atoms with Crippen LogP contribution in [0.2, 0.25) is 153 Å². The first kappa shape index (κ1) is 117. The maximum absolute atomic E-state index is 12.6. The van der Waals surface area contributed by atoms with Crippen molar-refractivity contribution < 1.29 is 241 Å². The summed E-state index contributed by atoms with van der Waals surface area (Å²) in [5.74, 6) is -45.5. The average molecular weight is 2170 g/mol. The highest BCUT2D eigenvalue weighted by Gasteiger charge is 2.93. The molecule has 0 radical (unpaired) electrons. The van der Waals surface area contributed by atoms with Gasteiger partial charge in [-0.05, 0) is 204 Å². The molecule has 0 spiro atoms. The number of hydrogen-bond donors (Lipinski definition) is 16. The first-order valence-electron chi connectivity index (χ1n) is 41.7. The molecule has 752 valence electrons. The summed E-state index contributed by atoms with van der Waals surface area (Å²) >= 11 is 0. The molecule has 0 aromatic carbocycles. The van der Waals surface area contributed by atoms with Gasteiger partial charge in [-0.1, -0.05) is 51.4 Å². The summed E-state index contributed by atoms with van der Waals surface area (Å²) in [7, 11) is -88.3. The SMILES string of the molecule is C[Si](C)(CCCC(C(=O)O)C(=O)O)O[Si]12O[Si]3(O[Si](C)(C)CCCC(C(=O)O)C(=O)O)O[Si]4(O[Si](C)(C)CCCC(C(=O)O)C(=O)O)O[Si](O[Si](C)(C)CCCC(C(=O)O)C(=O)O)(O1)O[Si]1(O[Si](C)(C)CCCC(C(=O)O)C(=O)O)O[Si](O[Si](C)(C)CCCC(C(=O)O)C(=O)O)(O2)O[Si](O[Si](C)(C)CCCC(C(=O)O)C(=O)O)(O3)O[Si](O[Si](C)(C)CCCC(C(=O)O)C(=O)O)(O4)O1. The smallest absolute Gasteiger partial charge is 0.481 e. The minimum absolute atomic E-state index is 0.399. The molecule has 0 saturated carbocycles. The first-order chi connectivity index (χ1) is 60.0. The Morgan fingerprint density at radius 2 is 0.235 bits per heavy atom. The molecule has 6 rings (SSSR count). The Morgan fingerprint density at radius 1 is 0.167 bits per heavy atom. The molecule has 52 nitrogen and oxygen atoms in total. The van der Waals surface area contributed by atoms with E-state index in [-0.39, 0.29) is 0 Å². The Hall–Kier alpha value is -5.81. The predicted octanol–water partition coefficient (Wildman–Crippen LogP) is 6.04. The second-order valence-corrected chi connectivity index (χ2v) is 93.6. The van der Waals surface area contributed by atoms with E-state index in [0.29, 0.717) is 0 Å². The fourth-order valence-electron chi connectivity index (χ4n) is 14.6. The van der Waals surface area contributed by atoms with Gasteiger partial charge >= 0.3 is 168 Å². The lowest BCUT2D eigenvalue weighted by Crippen LogP contribution is -2.93. The monoisotopic (exact) mass is 2170 g/mol. The van der Waals surface area contributed by atoms with Gasteiger partial charge in [0.2, 0.25) is 0 Å². The van der Waals surface area contributed by atoms with Crippen LogP contribution in [0.25, 0.3) is 0 Å². The van der Waals surface area contributed by atoms with Crippen LogP contribution in [0, 0.1) is 47.3 Å². The fourth-order valence-corrected chi connectivity index (χ4v) is 88.7. The van der Waals surface area contributed by atoms with Crippen LogP contribution in [0.1, 0.15) is 103 Å². The van der Waals surface area contributed by atoms with Crippen LogP contribution in [0.3, 0.4) is 0 Å². The molecular formula is C64H120O52Si16. The van der Waals surface area contributed by atoms with Gasteiger partial charge in [0.05, 0.1) is 0 Å². The van der Waals surface area contributed by atoms with Gasteiger partial charge in [0.15, 0.2) is 114 Å². The van der Waals surface area contributed by atoms with Gasteiger partial charge in [-0.3, -0.25) is 76.7 Å². The van der Waals surface area contributed by atoms with Crippen molar-refractivity contribution in [3.63, 3.8) is 0 Å². The molecular weight excluding hydrogens is 2050 g/mol. The topological polar surface area (TPSA) is 781 Å². The highest BCUT2D eigenvalue weighted by atomic mass is 28.7. The number of rotatable bonds is 64. The molecule has 6 aliphatic rings. The Bertz CT molecular complexity index is 3290. The molecule has 0 aromatic rings. The largest absolute Gasteiger partial charge is 0.651 e. The molecule has 68 heteroatoms. The van der Waals surface area contributed by atoms with Gasteiger partial charge in [0.1, 0.15) is 0 Å². The third kappa shape index (κ3) is 34.4. The molecule has 6 saturated heterocycles. The van der Waals surface area contributed by atoms with E-state index in [4.69, 9.17) is 82.3 Å². The van der Waals surface area contributed by atoms with E-state index < -0.39 is 433 Å². The van der Waals surface area contributed by atoms with Crippen molar-refractivity contribution in [2.75, 3.05) is 0 Å². The Labute approximate surface area is 773 Å². The number of carbonyl (C=O) groups is 16. The molecule has 0 aliphatic carbocycles. The number of carboxylic acids is 16. The fraction of sp³-hybridized carbons (Fsp3) is 0.750. The van der Waals surface area contributed by atoms with Crippen molar-refractivity contribution in [2.45, 2.75) is 256 Å². The van der Waals surface area contributed by atoms with Gasteiger partial charge in [-0.25, -0.2) is 0 Å². The highest BCUT2D eigenvalue weighted by Crippen LogP contribution is 2.55. The van der Waals surface area contributed by atoms with E-state index in [1.807, 2.05) is 0 Å². The van der Waals surface area contributed by atoms with Crippen LogP contribution in [0.4, 0.5) is 0 Å². The molecule has 0 unspecified atom stereocenters. The van der Waals surface area contributed by atoms with Crippen LogP contribution < -0.4 is 0 Å². The zero-order valence-electron chi connectivity index (χ0n) is 75.4. The van der Waals surface area contributed by atoms with Crippen LogP contribution in [-0.4, -0.2) is 316 Å². The number of hydrogen-bond acceptors (Lipinski definition) is 36. The van der Waals surface area contributed by atoms with Crippen LogP contribution in [-0.2, 0) is 159 Å². The quantitative estimate of drug-likeness (QED) is 0.0244. The Balaban J connectivity index is 2.32. The lowest BCUT2D eigenvalue weighted by atomic mass is 10.1. The maximum Gasteiger partial charge on any atom is 0.651 e. The second kappa shape index (κ2) is 45.4. The predicted molar refractivity (Wildman–Crippen MR) is 470 cm³/mol.